The number of methoxy groups -OCH3 is 1. The lowest BCUT2D eigenvalue weighted by Crippen LogP contribution is -2.41. The summed E-state index contributed by atoms with van der Waals surface area (Å²) in [5.41, 5.74) is 1.32. The van der Waals surface area contributed by atoms with E-state index < -0.39 is 5.82 Å². The van der Waals surface area contributed by atoms with Crippen LogP contribution in [0, 0.1) is 11.7 Å². The average molecular weight is 455 g/mol. The van der Waals surface area contributed by atoms with E-state index in [4.69, 9.17) is 4.74 Å². The van der Waals surface area contributed by atoms with Gasteiger partial charge >= 0.3 is 0 Å². The molecule has 1 aromatic heterocycles. The van der Waals surface area contributed by atoms with Crippen molar-refractivity contribution in [1.82, 2.24) is 15.1 Å². The molecule has 9 heteroatoms. The summed E-state index contributed by atoms with van der Waals surface area (Å²) in [6.45, 7) is 0.894. The van der Waals surface area contributed by atoms with E-state index in [0.29, 0.717) is 43.0 Å². The van der Waals surface area contributed by atoms with Crippen LogP contribution in [0.15, 0.2) is 48.5 Å². The number of aromatic nitrogens is 2. The number of hydrogen-bond donors (Lipinski definition) is 1. The second kappa shape index (κ2) is 9.86. The van der Waals surface area contributed by atoms with Crippen LogP contribution in [0.1, 0.15) is 33.8 Å². The van der Waals surface area contributed by atoms with Gasteiger partial charge in [-0.25, -0.2) is 4.39 Å². The van der Waals surface area contributed by atoms with Gasteiger partial charge in [0.15, 0.2) is 0 Å². The number of benzene rings is 2. The van der Waals surface area contributed by atoms with E-state index in [0.717, 1.165) is 16.3 Å². The fourth-order valence-corrected chi connectivity index (χ4v) is 4.51. The molecule has 1 fully saturated rings. The molecule has 32 heavy (non-hydrogen) atoms. The number of likely N-dealkylation sites (tertiary alicyclic amines) is 1. The predicted molar refractivity (Wildman–Crippen MR) is 119 cm³/mol. The first-order chi connectivity index (χ1) is 15.5. The van der Waals surface area contributed by atoms with Crippen LogP contribution >= 0.6 is 11.3 Å². The Hall–Kier alpha value is -3.33. The molecule has 0 aliphatic carbocycles. The first-order valence-corrected chi connectivity index (χ1v) is 11.1. The Labute approximate surface area is 189 Å². The molecule has 0 saturated carbocycles. The van der Waals surface area contributed by atoms with Gasteiger partial charge in [-0.2, -0.15) is 0 Å². The standard InChI is InChI=1S/C23H23FN4O3S/c1-31-19-8-3-2-5-16(19)14-20-26-27-23(32-20)25-21(29)15-9-11-28(12-10-15)22(30)17-6-4-7-18(24)13-17/h2-8,13,15H,9-12,14H2,1H3,(H,25,27,29). The monoisotopic (exact) mass is 454 g/mol. The molecule has 7 nitrogen and oxygen atoms in total. The Bertz CT molecular complexity index is 1110. The zero-order chi connectivity index (χ0) is 22.5. The Morgan fingerprint density at radius 2 is 1.94 bits per heavy atom. The minimum absolute atomic E-state index is 0.122. The molecular formula is C23H23FN4O3S. The summed E-state index contributed by atoms with van der Waals surface area (Å²) < 4.78 is 18.8. The van der Waals surface area contributed by atoms with Gasteiger partial charge in [0.2, 0.25) is 11.0 Å². The first-order valence-electron chi connectivity index (χ1n) is 10.3. The quantitative estimate of drug-likeness (QED) is 0.613. The van der Waals surface area contributed by atoms with Crippen LogP contribution in [0.5, 0.6) is 5.75 Å². The SMILES string of the molecule is COc1ccccc1Cc1nnc(NC(=O)C2CCN(C(=O)c3cccc(F)c3)CC2)s1. The van der Waals surface area contributed by atoms with Crippen molar-refractivity contribution in [2.24, 2.45) is 5.92 Å². The van der Waals surface area contributed by atoms with Gasteiger partial charge in [0.1, 0.15) is 16.6 Å². The van der Waals surface area contributed by atoms with E-state index in [2.05, 4.69) is 15.5 Å². The fourth-order valence-electron chi connectivity index (χ4n) is 3.74. The number of piperidine rings is 1. The fraction of sp³-hybridized carbons (Fsp3) is 0.304. The molecule has 0 unspecified atom stereocenters. The maximum Gasteiger partial charge on any atom is 0.253 e. The molecule has 0 spiro atoms. The lowest BCUT2D eigenvalue weighted by molar-refractivity contribution is -0.121. The number of carbonyl (C=O) groups excluding carboxylic acids is 2. The highest BCUT2D eigenvalue weighted by atomic mass is 32.1. The molecule has 1 aliphatic heterocycles. The summed E-state index contributed by atoms with van der Waals surface area (Å²) >= 11 is 1.33. The van der Waals surface area contributed by atoms with E-state index in [1.54, 1.807) is 18.1 Å². The van der Waals surface area contributed by atoms with E-state index in [1.807, 2.05) is 24.3 Å². The summed E-state index contributed by atoms with van der Waals surface area (Å²) in [4.78, 5) is 26.9. The topological polar surface area (TPSA) is 84.4 Å². The molecule has 2 heterocycles. The number of ether oxygens (including phenoxy) is 1. The van der Waals surface area contributed by atoms with Crippen molar-refractivity contribution in [2.75, 3.05) is 25.5 Å². The molecule has 0 bridgehead atoms. The Morgan fingerprint density at radius 3 is 2.69 bits per heavy atom. The highest BCUT2D eigenvalue weighted by molar-refractivity contribution is 7.15. The minimum Gasteiger partial charge on any atom is -0.496 e. The number of hydrogen-bond acceptors (Lipinski definition) is 6. The van der Waals surface area contributed by atoms with Crippen molar-refractivity contribution in [3.05, 3.63) is 70.5 Å². The summed E-state index contributed by atoms with van der Waals surface area (Å²) in [5.74, 6) is -0.204. The van der Waals surface area contributed by atoms with Gasteiger partial charge in [-0.1, -0.05) is 35.6 Å². The van der Waals surface area contributed by atoms with Crippen molar-refractivity contribution >= 4 is 28.3 Å². The van der Waals surface area contributed by atoms with Crippen LogP contribution in [0.25, 0.3) is 0 Å². The Morgan fingerprint density at radius 1 is 1.16 bits per heavy atom. The maximum atomic E-state index is 13.4. The number of halogens is 1. The third-order valence-electron chi connectivity index (χ3n) is 5.46. The number of rotatable bonds is 6. The van der Waals surface area contributed by atoms with Crippen LogP contribution in [-0.4, -0.2) is 47.1 Å². The molecule has 2 aromatic carbocycles. The molecule has 4 rings (SSSR count). The molecule has 1 N–H and O–H groups in total. The van der Waals surface area contributed by atoms with Crippen LogP contribution in [0.2, 0.25) is 0 Å². The lowest BCUT2D eigenvalue weighted by atomic mass is 9.95. The smallest absolute Gasteiger partial charge is 0.253 e. The number of anilines is 1. The number of nitrogens with one attached hydrogen (secondary N) is 1. The van der Waals surface area contributed by atoms with Gasteiger partial charge in [-0.05, 0) is 37.1 Å². The van der Waals surface area contributed by atoms with Gasteiger partial charge in [0.05, 0.1) is 7.11 Å². The molecule has 1 aliphatic rings. The van der Waals surface area contributed by atoms with Crippen molar-refractivity contribution < 1.29 is 18.7 Å². The highest BCUT2D eigenvalue weighted by Gasteiger charge is 2.28. The number of para-hydroxylation sites is 1. The normalized spacial score (nSPS) is 14.2. The van der Waals surface area contributed by atoms with Crippen molar-refractivity contribution in [3.8, 4) is 5.75 Å². The number of nitrogens with zero attached hydrogens (tertiary/aromatic N) is 3. The largest absolute Gasteiger partial charge is 0.496 e. The second-order valence-electron chi connectivity index (χ2n) is 7.56. The first kappa shape index (κ1) is 21.9. The number of carbonyl (C=O) groups is 2. The third-order valence-corrected chi connectivity index (χ3v) is 6.29. The maximum absolute atomic E-state index is 13.4. The Balaban J connectivity index is 1.30. The molecule has 1 saturated heterocycles. The molecule has 166 valence electrons. The van der Waals surface area contributed by atoms with E-state index in [9.17, 15) is 14.0 Å². The Kier molecular flexibility index (Phi) is 6.75. The summed E-state index contributed by atoms with van der Waals surface area (Å²) in [7, 11) is 1.63. The van der Waals surface area contributed by atoms with Crippen LogP contribution < -0.4 is 10.1 Å². The van der Waals surface area contributed by atoms with E-state index in [1.165, 1.54) is 29.5 Å². The number of amides is 2. The van der Waals surface area contributed by atoms with Gasteiger partial charge < -0.3 is 15.0 Å². The summed E-state index contributed by atoms with van der Waals surface area (Å²) in [5, 5.41) is 12.4. The molecule has 2 amide bonds. The van der Waals surface area contributed by atoms with Gasteiger partial charge in [-0.3, -0.25) is 9.59 Å². The average Bonchev–Trinajstić information content (AvgIpc) is 3.25. The van der Waals surface area contributed by atoms with Crippen LogP contribution in [-0.2, 0) is 11.2 Å². The second-order valence-corrected chi connectivity index (χ2v) is 8.62. The highest BCUT2D eigenvalue weighted by Crippen LogP contribution is 2.26. The summed E-state index contributed by atoms with van der Waals surface area (Å²) in [6.07, 6.45) is 1.65. The van der Waals surface area contributed by atoms with Crippen molar-refractivity contribution in [1.29, 1.82) is 0 Å². The molecular weight excluding hydrogens is 431 g/mol. The lowest BCUT2D eigenvalue weighted by Gasteiger charge is -2.31. The molecule has 0 radical (unpaired) electrons. The third kappa shape index (κ3) is 5.11. The van der Waals surface area contributed by atoms with Crippen molar-refractivity contribution in [3.63, 3.8) is 0 Å². The zero-order valence-corrected chi connectivity index (χ0v) is 18.4. The summed E-state index contributed by atoms with van der Waals surface area (Å²) in [6, 6.07) is 13.4. The van der Waals surface area contributed by atoms with Gasteiger partial charge in [-0.15, -0.1) is 10.2 Å². The van der Waals surface area contributed by atoms with Crippen LogP contribution in [0.4, 0.5) is 9.52 Å². The minimum atomic E-state index is -0.438. The molecule has 3 aromatic rings. The zero-order valence-electron chi connectivity index (χ0n) is 17.6. The molecule has 0 atom stereocenters. The van der Waals surface area contributed by atoms with Crippen LogP contribution in [0.3, 0.4) is 0 Å². The van der Waals surface area contributed by atoms with Gasteiger partial charge in [0.25, 0.3) is 5.91 Å². The predicted octanol–water partition coefficient (Wildman–Crippen LogP) is 3.77. The van der Waals surface area contributed by atoms with E-state index in [-0.39, 0.29) is 17.7 Å². The van der Waals surface area contributed by atoms with E-state index >= 15 is 0 Å². The van der Waals surface area contributed by atoms with Crippen molar-refractivity contribution in [2.45, 2.75) is 19.3 Å². The van der Waals surface area contributed by atoms with Gasteiger partial charge in [0, 0.05) is 36.6 Å².